The summed E-state index contributed by atoms with van der Waals surface area (Å²) < 4.78 is 2.58. The van der Waals surface area contributed by atoms with E-state index in [-0.39, 0.29) is 0 Å². The molecule has 1 aliphatic rings. The van der Waals surface area contributed by atoms with Gasteiger partial charge in [-0.25, -0.2) is 4.98 Å². The van der Waals surface area contributed by atoms with Crippen LogP contribution in [0.1, 0.15) is 29.4 Å². The number of aryl methyl sites for hydroxylation is 2. The summed E-state index contributed by atoms with van der Waals surface area (Å²) in [5.41, 5.74) is 4.93. The summed E-state index contributed by atoms with van der Waals surface area (Å²) in [5, 5.41) is 4.51. The topological polar surface area (TPSA) is 49.7 Å². The van der Waals surface area contributed by atoms with E-state index in [1.807, 2.05) is 10.9 Å². The van der Waals surface area contributed by atoms with Gasteiger partial charge in [0.2, 0.25) is 0 Å². The predicted molar refractivity (Wildman–Crippen MR) is 79.9 cm³/mol. The fraction of sp³-hybridized carbons (Fsp3) is 0.500. The van der Waals surface area contributed by atoms with Gasteiger partial charge >= 0.3 is 0 Å². The molecule has 0 fully saturated rings. The molecule has 0 radical (unpaired) electrons. The average Bonchev–Trinajstić information content (AvgIpc) is 2.80. The van der Waals surface area contributed by atoms with Gasteiger partial charge in [0.1, 0.15) is 0 Å². The normalized spacial score (nSPS) is 15.3. The first-order chi connectivity index (χ1) is 9.65. The lowest BCUT2D eigenvalue weighted by atomic mass is 10.1. The lowest BCUT2D eigenvalue weighted by molar-refractivity contribution is 0.242. The Labute approximate surface area is 123 Å². The lowest BCUT2D eigenvalue weighted by Gasteiger charge is -2.27. The van der Waals surface area contributed by atoms with Crippen LogP contribution in [0.5, 0.6) is 0 Å². The number of nitrogens with one attached hydrogen (secondary N) is 1. The number of hydrogen-bond acceptors (Lipinski definition) is 4. The molecule has 3 heterocycles. The van der Waals surface area contributed by atoms with Crippen molar-refractivity contribution in [3.05, 3.63) is 39.7 Å². The first-order valence-corrected chi connectivity index (χ1v) is 7.39. The first-order valence-electron chi connectivity index (χ1n) is 6.98. The summed E-state index contributed by atoms with van der Waals surface area (Å²) in [6.45, 7) is 8.02. The Balaban J connectivity index is 1.75. The van der Waals surface area contributed by atoms with Gasteiger partial charge in [-0.15, -0.1) is 0 Å². The highest BCUT2D eigenvalue weighted by molar-refractivity contribution is 7.71. The summed E-state index contributed by atoms with van der Waals surface area (Å²) in [4.78, 5) is 9.82. The van der Waals surface area contributed by atoms with Gasteiger partial charge in [0.25, 0.3) is 0 Å². The molecule has 3 rings (SSSR count). The summed E-state index contributed by atoms with van der Waals surface area (Å²) in [5.74, 6) is 0. The molecular weight excluding hydrogens is 270 g/mol. The molecule has 0 aliphatic carbocycles. The molecule has 0 saturated carbocycles. The van der Waals surface area contributed by atoms with Gasteiger partial charge in [-0.1, -0.05) is 0 Å². The molecule has 0 atom stereocenters. The Kier molecular flexibility index (Phi) is 3.67. The zero-order valence-electron chi connectivity index (χ0n) is 11.9. The van der Waals surface area contributed by atoms with Gasteiger partial charge in [0, 0.05) is 61.8 Å². The Hall–Kier alpha value is -1.53. The molecule has 20 heavy (non-hydrogen) atoms. The number of H-pyrrole nitrogens is 1. The van der Waals surface area contributed by atoms with Crippen LogP contribution < -0.4 is 0 Å². The number of hydrogen-bond donors (Lipinski definition) is 1. The van der Waals surface area contributed by atoms with Crippen LogP contribution in [0.3, 0.4) is 0 Å². The third-order valence-corrected chi connectivity index (χ3v) is 4.03. The van der Waals surface area contributed by atoms with Crippen LogP contribution in [0.15, 0.2) is 12.4 Å². The molecular formula is C14H19N5S. The van der Waals surface area contributed by atoms with E-state index in [0.717, 1.165) is 38.3 Å². The highest BCUT2D eigenvalue weighted by Gasteiger charge is 2.18. The van der Waals surface area contributed by atoms with E-state index < -0.39 is 0 Å². The zero-order valence-corrected chi connectivity index (χ0v) is 12.7. The van der Waals surface area contributed by atoms with Gasteiger partial charge in [-0.05, 0) is 26.1 Å². The van der Waals surface area contributed by atoms with Crippen molar-refractivity contribution in [2.75, 3.05) is 6.54 Å². The van der Waals surface area contributed by atoms with Crippen molar-refractivity contribution in [3.8, 4) is 0 Å². The number of nitrogens with zero attached hydrogens (tertiary/aromatic N) is 4. The fourth-order valence-corrected chi connectivity index (χ4v) is 2.83. The maximum atomic E-state index is 5.07. The fourth-order valence-electron chi connectivity index (χ4n) is 2.66. The summed E-state index contributed by atoms with van der Waals surface area (Å²) in [6, 6.07) is 0. The van der Waals surface area contributed by atoms with E-state index in [1.165, 1.54) is 16.8 Å². The van der Waals surface area contributed by atoms with Crippen molar-refractivity contribution in [2.24, 2.45) is 0 Å². The van der Waals surface area contributed by atoms with E-state index in [9.17, 15) is 0 Å². The predicted octanol–water partition coefficient (Wildman–Crippen LogP) is 2.22. The van der Waals surface area contributed by atoms with Gasteiger partial charge in [-0.3, -0.25) is 9.58 Å². The van der Waals surface area contributed by atoms with E-state index in [2.05, 4.69) is 40.0 Å². The third kappa shape index (κ3) is 2.66. The molecule has 0 spiro atoms. The monoisotopic (exact) mass is 289 g/mol. The smallest absolute Gasteiger partial charge is 0.196 e. The minimum atomic E-state index is 0.581. The Morgan fingerprint density at radius 2 is 2.30 bits per heavy atom. The van der Waals surface area contributed by atoms with Crippen LogP contribution in [-0.4, -0.2) is 31.2 Å². The third-order valence-electron chi connectivity index (χ3n) is 3.82. The zero-order chi connectivity index (χ0) is 14.1. The van der Waals surface area contributed by atoms with E-state index in [0.29, 0.717) is 4.77 Å². The maximum absolute atomic E-state index is 5.07. The molecule has 0 unspecified atom stereocenters. The van der Waals surface area contributed by atoms with Crippen molar-refractivity contribution in [3.63, 3.8) is 0 Å². The van der Waals surface area contributed by atoms with E-state index in [1.54, 1.807) is 0 Å². The summed E-state index contributed by atoms with van der Waals surface area (Å²) in [7, 11) is 0. The standard InChI is InChI=1S/C14H19N5S/c1-3-19-9-12(10(2)17-19)8-18-5-4-13-11(7-18)6-15-14(20)16-13/h6,9H,3-5,7-8H2,1-2H3,(H,15,16,20). The Bertz CT molecular complexity index is 672. The van der Waals surface area contributed by atoms with Crippen molar-refractivity contribution in [1.29, 1.82) is 0 Å². The number of aromatic nitrogens is 4. The van der Waals surface area contributed by atoms with Crippen molar-refractivity contribution < 1.29 is 0 Å². The van der Waals surface area contributed by atoms with Crippen molar-refractivity contribution in [1.82, 2.24) is 24.6 Å². The van der Waals surface area contributed by atoms with Crippen LogP contribution in [0.2, 0.25) is 0 Å². The number of rotatable bonds is 3. The molecule has 1 N–H and O–H groups in total. The Morgan fingerprint density at radius 1 is 1.45 bits per heavy atom. The molecule has 1 aliphatic heterocycles. The molecule has 2 aromatic heterocycles. The van der Waals surface area contributed by atoms with Crippen LogP contribution >= 0.6 is 12.2 Å². The largest absolute Gasteiger partial charge is 0.334 e. The molecule has 6 heteroatoms. The van der Waals surface area contributed by atoms with Gasteiger partial charge in [0.15, 0.2) is 4.77 Å². The van der Waals surface area contributed by atoms with Gasteiger partial charge in [0.05, 0.1) is 5.69 Å². The molecule has 0 bridgehead atoms. The van der Waals surface area contributed by atoms with Crippen LogP contribution in [-0.2, 0) is 26.1 Å². The van der Waals surface area contributed by atoms with Crippen LogP contribution in [0.4, 0.5) is 0 Å². The van der Waals surface area contributed by atoms with Crippen LogP contribution in [0.25, 0.3) is 0 Å². The molecule has 2 aromatic rings. The molecule has 0 amide bonds. The molecule has 0 aromatic carbocycles. The lowest BCUT2D eigenvalue weighted by Crippen LogP contribution is -2.31. The average molecular weight is 289 g/mol. The molecule has 106 valence electrons. The Morgan fingerprint density at radius 3 is 3.05 bits per heavy atom. The summed E-state index contributed by atoms with van der Waals surface area (Å²) in [6.07, 6.45) is 5.06. The second-order valence-corrected chi connectivity index (χ2v) is 5.63. The van der Waals surface area contributed by atoms with Crippen LogP contribution in [0, 0.1) is 11.7 Å². The minimum Gasteiger partial charge on any atom is -0.334 e. The summed E-state index contributed by atoms with van der Waals surface area (Å²) >= 11 is 5.07. The van der Waals surface area contributed by atoms with E-state index in [4.69, 9.17) is 12.2 Å². The SMILES string of the molecule is CCn1cc(CN2CCc3[nH]c(=S)ncc3C2)c(C)n1. The second-order valence-electron chi connectivity index (χ2n) is 5.25. The second kappa shape index (κ2) is 5.46. The number of fused-ring (bicyclic) bond motifs is 1. The first kappa shape index (κ1) is 13.5. The van der Waals surface area contributed by atoms with Crippen molar-refractivity contribution in [2.45, 2.75) is 39.9 Å². The molecule has 5 nitrogen and oxygen atoms in total. The minimum absolute atomic E-state index is 0.581. The maximum Gasteiger partial charge on any atom is 0.196 e. The van der Waals surface area contributed by atoms with E-state index >= 15 is 0 Å². The van der Waals surface area contributed by atoms with Gasteiger partial charge < -0.3 is 4.98 Å². The highest BCUT2D eigenvalue weighted by atomic mass is 32.1. The van der Waals surface area contributed by atoms with Crippen molar-refractivity contribution >= 4 is 12.2 Å². The highest BCUT2D eigenvalue weighted by Crippen LogP contribution is 2.19. The van der Waals surface area contributed by atoms with Gasteiger partial charge in [-0.2, -0.15) is 5.10 Å². The molecule has 0 saturated heterocycles. The quantitative estimate of drug-likeness (QED) is 0.880. The number of aromatic amines is 1.